The summed E-state index contributed by atoms with van der Waals surface area (Å²) in [4.78, 5) is 0. The predicted molar refractivity (Wildman–Crippen MR) is 66.7 cm³/mol. The Labute approximate surface area is 103 Å². The Morgan fingerprint density at radius 2 is 2.24 bits per heavy atom. The number of nitrogens with one attached hydrogen (secondary N) is 1. The quantitative estimate of drug-likeness (QED) is 0.800. The van der Waals surface area contributed by atoms with Crippen LogP contribution in [-0.4, -0.2) is 16.7 Å². The summed E-state index contributed by atoms with van der Waals surface area (Å²) in [6, 6.07) is 0. The smallest absolute Gasteiger partial charge is 0.230 e. The minimum Gasteiger partial charge on any atom is -0.424 e. The maximum Gasteiger partial charge on any atom is 0.230 e. The van der Waals surface area contributed by atoms with Gasteiger partial charge in [-0.1, -0.05) is 27.2 Å². The number of nitrogens with zero attached hydrogens (tertiary/aromatic N) is 2. The molecular weight excluding hydrogens is 214 g/mol. The number of hydrogen-bond donors (Lipinski definition) is 1. The van der Waals surface area contributed by atoms with Gasteiger partial charge in [0.25, 0.3) is 0 Å². The van der Waals surface area contributed by atoms with Crippen LogP contribution in [0.15, 0.2) is 4.42 Å². The summed E-state index contributed by atoms with van der Waals surface area (Å²) < 4.78 is 5.77. The molecule has 2 rings (SSSR count). The minimum atomic E-state index is 0.306. The monoisotopic (exact) mass is 237 g/mol. The van der Waals surface area contributed by atoms with Crippen molar-refractivity contribution < 1.29 is 4.42 Å². The number of rotatable bonds is 5. The zero-order chi connectivity index (χ0) is 12.3. The van der Waals surface area contributed by atoms with E-state index in [0.717, 1.165) is 24.7 Å². The Kier molecular flexibility index (Phi) is 3.82. The van der Waals surface area contributed by atoms with Crippen molar-refractivity contribution in [3.63, 3.8) is 0 Å². The molecule has 0 saturated heterocycles. The lowest BCUT2D eigenvalue weighted by Gasteiger charge is -2.23. The molecule has 1 heterocycles. The molecule has 0 bridgehead atoms. The van der Waals surface area contributed by atoms with Gasteiger partial charge in [0.2, 0.25) is 11.8 Å². The molecule has 1 aliphatic rings. The molecular formula is C13H23N3O. The maximum absolute atomic E-state index is 5.77. The van der Waals surface area contributed by atoms with E-state index in [1.807, 2.05) is 0 Å². The summed E-state index contributed by atoms with van der Waals surface area (Å²) in [6.45, 7) is 8.42. The summed E-state index contributed by atoms with van der Waals surface area (Å²) in [5.74, 6) is 1.99. The molecule has 96 valence electrons. The van der Waals surface area contributed by atoms with Gasteiger partial charge in [-0.25, -0.2) is 0 Å². The summed E-state index contributed by atoms with van der Waals surface area (Å²) >= 11 is 0. The van der Waals surface area contributed by atoms with Crippen LogP contribution in [0.2, 0.25) is 0 Å². The van der Waals surface area contributed by atoms with Gasteiger partial charge in [-0.05, 0) is 31.2 Å². The molecule has 1 aromatic heterocycles. The van der Waals surface area contributed by atoms with Crippen LogP contribution in [0.25, 0.3) is 0 Å². The van der Waals surface area contributed by atoms with Crippen molar-refractivity contribution in [1.82, 2.24) is 15.5 Å². The lowest BCUT2D eigenvalue weighted by atomic mass is 9.82. The Bertz CT molecular complexity index is 359. The topological polar surface area (TPSA) is 51.0 Å². The highest BCUT2D eigenvalue weighted by Crippen LogP contribution is 2.48. The highest BCUT2D eigenvalue weighted by Gasteiger charge is 2.38. The summed E-state index contributed by atoms with van der Waals surface area (Å²) in [5, 5.41) is 11.6. The van der Waals surface area contributed by atoms with Crippen LogP contribution in [0.4, 0.5) is 0 Å². The highest BCUT2D eigenvalue weighted by atomic mass is 16.4. The fraction of sp³-hybridized carbons (Fsp3) is 0.846. The molecule has 1 aliphatic carbocycles. The van der Waals surface area contributed by atoms with E-state index >= 15 is 0 Å². The van der Waals surface area contributed by atoms with E-state index in [4.69, 9.17) is 4.42 Å². The largest absolute Gasteiger partial charge is 0.424 e. The summed E-state index contributed by atoms with van der Waals surface area (Å²) in [5.41, 5.74) is 0.306. The van der Waals surface area contributed by atoms with Gasteiger partial charge in [0.1, 0.15) is 0 Å². The van der Waals surface area contributed by atoms with Crippen LogP contribution < -0.4 is 5.32 Å². The first-order chi connectivity index (χ1) is 8.13. The molecule has 1 atom stereocenters. The van der Waals surface area contributed by atoms with Gasteiger partial charge < -0.3 is 9.73 Å². The number of aromatic nitrogens is 2. The van der Waals surface area contributed by atoms with E-state index < -0.39 is 0 Å². The third-order valence-electron chi connectivity index (χ3n) is 3.74. The molecule has 1 fully saturated rings. The Morgan fingerprint density at radius 1 is 1.41 bits per heavy atom. The lowest BCUT2D eigenvalue weighted by molar-refractivity contribution is 0.279. The van der Waals surface area contributed by atoms with Gasteiger partial charge in [-0.3, -0.25) is 0 Å². The average molecular weight is 237 g/mol. The third-order valence-corrected chi connectivity index (χ3v) is 3.74. The second kappa shape index (κ2) is 5.17. The zero-order valence-corrected chi connectivity index (χ0v) is 11.1. The molecule has 1 saturated carbocycles. The Morgan fingerprint density at radius 3 is 2.88 bits per heavy atom. The molecule has 4 heteroatoms. The van der Waals surface area contributed by atoms with Crippen LogP contribution in [0.5, 0.6) is 0 Å². The van der Waals surface area contributed by atoms with E-state index in [1.54, 1.807) is 0 Å². The zero-order valence-electron chi connectivity index (χ0n) is 11.1. The third kappa shape index (κ3) is 2.86. The van der Waals surface area contributed by atoms with Crippen molar-refractivity contribution in [2.24, 2.45) is 5.41 Å². The molecule has 1 unspecified atom stereocenters. The molecule has 0 aromatic carbocycles. The maximum atomic E-state index is 5.77. The van der Waals surface area contributed by atoms with E-state index in [0.29, 0.717) is 17.9 Å². The average Bonchev–Trinajstić information content (AvgIpc) is 2.85. The Balaban J connectivity index is 1.98. The molecule has 0 spiro atoms. The van der Waals surface area contributed by atoms with Crippen molar-refractivity contribution in [2.45, 2.75) is 58.9 Å². The van der Waals surface area contributed by atoms with Crippen LogP contribution in [0.1, 0.15) is 64.2 Å². The van der Waals surface area contributed by atoms with E-state index in [-0.39, 0.29) is 0 Å². The van der Waals surface area contributed by atoms with Gasteiger partial charge in [-0.15, -0.1) is 10.2 Å². The van der Waals surface area contributed by atoms with Crippen LogP contribution in [0, 0.1) is 5.41 Å². The molecule has 1 aromatic rings. The highest BCUT2D eigenvalue weighted by molar-refractivity contribution is 5.02. The molecule has 1 N–H and O–H groups in total. The molecule has 17 heavy (non-hydrogen) atoms. The van der Waals surface area contributed by atoms with Crippen molar-refractivity contribution >= 4 is 0 Å². The van der Waals surface area contributed by atoms with Gasteiger partial charge in [0.05, 0.1) is 6.54 Å². The van der Waals surface area contributed by atoms with Gasteiger partial charge in [0, 0.05) is 5.92 Å². The van der Waals surface area contributed by atoms with Crippen molar-refractivity contribution in [3.05, 3.63) is 11.8 Å². The second-order valence-corrected chi connectivity index (χ2v) is 5.64. The normalized spacial score (nSPS) is 23.1. The number of hydrogen-bond acceptors (Lipinski definition) is 4. The Hall–Kier alpha value is -0.900. The van der Waals surface area contributed by atoms with Crippen molar-refractivity contribution in [1.29, 1.82) is 0 Å². The van der Waals surface area contributed by atoms with Crippen molar-refractivity contribution in [2.75, 3.05) is 6.54 Å². The van der Waals surface area contributed by atoms with Gasteiger partial charge in [-0.2, -0.15) is 0 Å². The van der Waals surface area contributed by atoms with E-state index in [1.165, 1.54) is 19.3 Å². The first-order valence-corrected chi connectivity index (χ1v) is 6.66. The lowest BCUT2D eigenvalue weighted by Crippen LogP contribution is -2.15. The first kappa shape index (κ1) is 12.6. The van der Waals surface area contributed by atoms with E-state index in [2.05, 4.69) is 36.3 Å². The van der Waals surface area contributed by atoms with Crippen LogP contribution in [0.3, 0.4) is 0 Å². The van der Waals surface area contributed by atoms with Crippen LogP contribution in [-0.2, 0) is 6.54 Å². The van der Waals surface area contributed by atoms with Gasteiger partial charge >= 0.3 is 0 Å². The predicted octanol–water partition coefficient (Wildman–Crippen LogP) is 2.86. The molecule has 0 amide bonds. The molecule has 0 aliphatic heterocycles. The SMILES string of the molecule is CCCNCc1nnc(C2CCCC2(C)C)o1. The van der Waals surface area contributed by atoms with E-state index in [9.17, 15) is 0 Å². The van der Waals surface area contributed by atoms with Crippen molar-refractivity contribution in [3.8, 4) is 0 Å². The summed E-state index contributed by atoms with van der Waals surface area (Å²) in [6.07, 6.45) is 4.82. The first-order valence-electron chi connectivity index (χ1n) is 6.66. The second-order valence-electron chi connectivity index (χ2n) is 5.64. The molecule has 0 radical (unpaired) electrons. The molecule has 4 nitrogen and oxygen atoms in total. The fourth-order valence-corrected chi connectivity index (χ4v) is 2.64. The minimum absolute atomic E-state index is 0.306. The van der Waals surface area contributed by atoms with Crippen LogP contribution >= 0.6 is 0 Å². The summed E-state index contributed by atoms with van der Waals surface area (Å²) in [7, 11) is 0. The van der Waals surface area contributed by atoms with Gasteiger partial charge in [0.15, 0.2) is 0 Å². The standard InChI is InChI=1S/C13H23N3O/c1-4-8-14-9-11-15-16-12(17-11)10-6-5-7-13(10,2)3/h10,14H,4-9H2,1-3H3. The fourth-order valence-electron chi connectivity index (χ4n) is 2.64.